The van der Waals surface area contributed by atoms with E-state index in [1.54, 1.807) is 18.4 Å². The van der Waals surface area contributed by atoms with E-state index in [9.17, 15) is 4.79 Å². The highest BCUT2D eigenvalue weighted by molar-refractivity contribution is 7.11. The zero-order chi connectivity index (χ0) is 12.6. The van der Waals surface area contributed by atoms with Crippen molar-refractivity contribution in [2.45, 2.75) is 38.7 Å². The summed E-state index contributed by atoms with van der Waals surface area (Å²) in [4.78, 5) is 16.7. The largest absolute Gasteiger partial charge is 0.481 e. The standard InChI is InChI=1S/C12H17NO3S/c1-6(2)10(16-3)11-13-9-7(12(14)15)4-5-8(9)17-11/h6-7,10H,4-5H2,1-3H3,(H,14,15). The number of rotatable bonds is 4. The lowest BCUT2D eigenvalue weighted by atomic mass is 10.1. The highest BCUT2D eigenvalue weighted by atomic mass is 32.1. The molecule has 0 bridgehead atoms. The highest BCUT2D eigenvalue weighted by Crippen LogP contribution is 2.40. The Kier molecular flexibility index (Phi) is 3.49. The molecule has 1 aliphatic carbocycles. The number of aromatic nitrogens is 1. The summed E-state index contributed by atoms with van der Waals surface area (Å²) in [6, 6.07) is 0. The van der Waals surface area contributed by atoms with Crippen LogP contribution in [0.2, 0.25) is 0 Å². The van der Waals surface area contributed by atoms with Crippen LogP contribution in [-0.4, -0.2) is 23.2 Å². The predicted octanol–water partition coefficient (Wildman–Crippen LogP) is 2.60. The molecule has 17 heavy (non-hydrogen) atoms. The molecule has 1 aromatic rings. The summed E-state index contributed by atoms with van der Waals surface area (Å²) >= 11 is 1.60. The lowest BCUT2D eigenvalue weighted by Gasteiger charge is -2.16. The number of aryl methyl sites for hydroxylation is 1. The van der Waals surface area contributed by atoms with E-state index in [4.69, 9.17) is 9.84 Å². The van der Waals surface area contributed by atoms with Gasteiger partial charge in [0.15, 0.2) is 0 Å². The number of carboxylic acid groups (broad SMARTS) is 1. The lowest BCUT2D eigenvalue weighted by molar-refractivity contribution is -0.138. The fourth-order valence-electron chi connectivity index (χ4n) is 2.27. The minimum Gasteiger partial charge on any atom is -0.481 e. The first-order chi connectivity index (χ1) is 8.04. The van der Waals surface area contributed by atoms with Crippen LogP contribution in [0.3, 0.4) is 0 Å². The van der Waals surface area contributed by atoms with Crippen LogP contribution in [0.15, 0.2) is 0 Å². The summed E-state index contributed by atoms with van der Waals surface area (Å²) in [6.45, 7) is 4.16. The monoisotopic (exact) mass is 255 g/mol. The summed E-state index contributed by atoms with van der Waals surface area (Å²) < 4.78 is 5.43. The summed E-state index contributed by atoms with van der Waals surface area (Å²) in [5, 5.41) is 10.0. The smallest absolute Gasteiger partial charge is 0.312 e. The van der Waals surface area contributed by atoms with Crippen LogP contribution in [0.4, 0.5) is 0 Å². The number of nitrogens with zero attached hydrogens (tertiary/aromatic N) is 1. The first-order valence-electron chi connectivity index (χ1n) is 5.79. The van der Waals surface area contributed by atoms with Gasteiger partial charge >= 0.3 is 5.97 Å². The van der Waals surface area contributed by atoms with Crippen molar-refractivity contribution in [2.75, 3.05) is 7.11 Å². The van der Waals surface area contributed by atoms with Gasteiger partial charge in [0.1, 0.15) is 17.0 Å². The van der Waals surface area contributed by atoms with E-state index in [-0.39, 0.29) is 6.10 Å². The van der Waals surface area contributed by atoms with Gasteiger partial charge in [0.25, 0.3) is 0 Å². The third-order valence-electron chi connectivity index (χ3n) is 3.14. The molecule has 94 valence electrons. The second-order valence-corrected chi connectivity index (χ2v) is 5.81. The van der Waals surface area contributed by atoms with E-state index in [2.05, 4.69) is 18.8 Å². The maximum Gasteiger partial charge on any atom is 0.312 e. The molecule has 2 rings (SSSR count). The SMILES string of the molecule is COC(c1nc2c(s1)CCC2C(=O)O)C(C)C. The van der Waals surface area contributed by atoms with E-state index >= 15 is 0 Å². The zero-order valence-electron chi connectivity index (χ0n) is 10.3. The lowest BCUT2D eigenvalue weighted by Crippen LogP contribution is -2.11. The van der Waals surface area contributed by atoms with Gasteiger partial charge in [-0.2, -0.15) is 0 Å². The third kappa shape index (κ3) is 2.21. The fourth-order valence-corrected chi connectivity index (χ4v) is 3.66. The van der Waals surface area contributed by atoms with Crippen LogP contribution in [-0.2, 0) is 16.0 Å². The first kappa shape index (κ1) is 12.5. The Morgan fingerprint density at radius 1 is 1.59 bits per heavy atom. The predicted molar refractivity (Wildman–Crippen MR) is 65.4 cm³/mol. The first-order valence-corrected chi connectivity index (χ1v) is 6.61. The Morgan fingerprint density at radius 2 is 2.29 bits per heavy atom. The molecular formula is C12H17NO3S. The molecule has 0 spiro atoms. The van der Waals surface area contributed by atoms with E-state index < -0.39 is 11.9 Å². The van der Waals surface area contributed by atoms with E-state index in [0.717, 1.165) is 22.0 Å². The van der Waals surface area contributed by atoms with E-state index in [0.29, 0.717) is 12.3 Å². The molecule has 1 N–H and O–H groups in total. The van der Waals surface area contributed by atoms with Gasteiger partial charge in [0, 0.05) is 12.0 Å². The molecule has 0 aromatic carbocycles. The average molecular weight is 255 g/mol. The van der Waals surface area contributed by atoms with Crippen molar-refractivity contribution in [2.24, 2.45) is 5.92 Å². The summed E-state index contributed by atoms with van der Waals surface area (Å²) in [5.74, 6) is -0.840. The van der Waals surface area contributed by atoms with Crippen LogP contribution >= 0.6 is 11.3 Å². The van der Waals surface area contributed by atoms with Crippen LogP contribution in [0.25, 0.3) is 0 Å². The summed E-state index contributed by atoms with van der Waals surface area (Å²) in [7, 11) is 1.67. The van der Waals surface area contributed by atoms with Gasteiger partial charge in [0.2, 0.25) is 0 Å². The summed E-state index contributed by atoms with van der Waals surface area (Å²) in [6.07, 6.45) is 1.49. The Balaban J connectivity index is 2.30. The van der Waals surface area contributed by atoms with Gasteiger partial charge in [-0.3, -0.25) is 4.79 Å². The summed E-state index contributed by atoms with van der Waals surface area (Å²) in [5.41, 5.74) is 0.764. The van der Waals surface area contributed by atoms with Gasteiger partial charge in [0.05, 0.1) is 5.69 Å². The molecule has 2 atom stereocenters. The number of hydrogen-bond acceptors (Lipinski definition) is 4. The van der Waals surface area contributed by atoms with Crippen molar-refractivity contribution >= 4 is 17.3 Å². The van der Waals surface area contributed by atoms with Crippen LogP contribution < -0.4 is 0 Å². The maximum absolute atomic E-state index is 11.1. The van der Waals surface area contributed by atoms with Crippen LogP contribution in [0, 0.1) is 5.92 Å². The van der Waals surface area contributed by atoms with Crippen molar-refractivity contribution in [1.29, 1.82) is 0 Å². The molecule has 5 heteroatoms. The molecule has 0 amide bonds. The second-order valence-electron chi connectivity index (χ2n) is 4.69. The number of hydrogen-bond donors (Lipinski definition) is 1. The molecular weight excluding hydrogens is 238 g/mol. The molecule has 2 unspecified atom stereocenters. The van der Waals surface area contributed by atoms with E-state index in [1.807, 2.05) is 0 Å². The number of carbonyl (C=O) groups is 1. The quantitative estimate of drug-likeness (QED) is 0.898. The van der Waals surface area contributed by atoms with Crippen LogP contribution in [0.1, 0.15) is 47.9 Å². The molecule has 0 radical (unpaired) electrons. The Labute approximate surface area is 105 Å². The fraction of sp³-hybridized carbons (Fsp3) is 0.667. The zero-order valence-corrected chi connectivity index (χ0v) is 11.1. The van der Waals surface area contributed by atoms with Gasteiger partial charge in [-0.15, -0.1) is 11.3 Å². The molecule has 0 fully saturated rings. The number of ether oxygens (including phenoxy) is 1. The highest BCUT2D eigenvalue weighted by Gasteiger charge is 2.34. The van der Waals surface area contributed by atoms with Crippen molar-refractivity contribution in [3.63, 3.8) is 0 Å². The van der Waals surface area contributed by atoms with Gasteiger partial charge in [-0.1, -0.05) is 13.8 Å². The molecule has 0 aliphatic heterocycles. The number of methoxy groups -OCH3 is 1. The average Bonchev–Trinajstić information content (AvgIpc) is 2.76. The molecule has 0 saturated heterocycles. The molecule has 1 aliphatic rings. The Morgan fingerprint density at radius 3 is 2.82 bits per heavy atom. The maximum atomic E-state index is 11.1. The molecule has 1 aromatic heterocycles. The topological polar surface area (TPSA) is 59.4 Å². The molecule has 4 nitrogen and oxygen atoms in total. The van der Waals surface area contributed by atoms with Gasteiger partial charge in [-0.25, -0.2) is 4.98 Å². The second kappa shape index (κ2) is 4.74. The van der Waals surface area contributed by atoms with Gasteiger partial charge < -0.3 is 9.84 Å². The van der Waals surface area contributed by atoms with Crippen LogP contribution in [0.5, 0.6) is 0 Å². The van der Waals surface area contributed by atoms with Gasteiger partial charge in [-0.05, 0) is 18.8 Å². The van der Waals surface area contributed by atoms with Crippen molar-refractivity contribution in [3.8, 4) is 0 Å². The Hall–Kier alpha value is -0.940. The number of fused-ring (bicyclic) bond motifs is 1. The molecule has 1 heterocycles. The minimum atomic E-state index is -0.765. The molecule has 0 saturated carbocycles. The normalized spacial score (nSPS) is 20.6. The Bertz CT molecular complexity index is 427. The van der Waals surface area contributed by atoms with E-state index in [1.165, 1.54) is 0 Å². The van der Waals surface area contributed by atoms with Crippen molar-refractivity contribution < 1.29 is 14.6 Å². The number of carboxylic acids is 1. The number of thiazole rings is 1. The number of aliphatic carboxylic acids is 1. The third-order valence-corrected chi connectivity index (χ3v) is 4.33. The van der Waals surface area contributed by atoms with Crippen molar-refractivity contribution in [3.05, 3.63) is 15.6 Å². The minimum absolute atomic E-state index is 0.0277. The van der Waals surface area contributed by atoms with Crippen molar-refractivity contribution in [1.82, 2.24) is 4.98 Å².